The molecule has 1 fully saturated rings. The molecule has 92 valence electrons. The average Bonchev–Trinajstić information content (AvgIpc) is 2.23. The fourth-order valence-electron chi connectivity index (χ4n) is 1.87. The lowest BCUT2D eigenvalue weighted by Crippen LogP contribution is -2.42. The maximum absolute atomic E-state index is 11.6. The molecule has 5 heteroatoms. The van der Waals surface area contributed by atoms with E-state index < -0.39 is 0 Å². The highest BCUT2D eigenvalue weighted by Gasteiger charge is 2.31. The van der Waals surface area contributed by atoms with E-state index in [2.05, 4.69) is 0 Å². The zero-order chi connectivity index (χ0) is 12.6. The van der Waals surface area contributed by atoms with Gasteiger partial charge in [0.25, 0.3) is 0 Å². The number of rotatable bonds is 1. The maximum atomic E-state index is 11.6. The molecule has 0 bridgehead atoms. The Morgan fingerprint density at radius 3 is 2.41 bits per heavy atom. The molecule has 17 heavy (non-hydrogen) atoms. The van der Waals surface area contributed by atoms with Crippen molar-refractivity contribution in [1.82, 2.24) is 4.90 Å². The lowest BCUT2D eigenvalue weighted by atomic mass is 10.0. The van der Waals surface area contributed by atoms with Gasteiger partial charge in [-0.15, -0.1) is 0 Å². The van der Waals surface area contributed by atoms with Crippen LogP contribution < -0.4 is 0 Å². The summed E-state index contributed by atoms with van der Waals surface area (Å²) in [6.07, 6.45) is 0.147. The highest BCUT2D eigenvalue weighted by Crippen LogP contribution is 2.32. The molecule has 0 N–H and O–H groups in total. The SMILES string of the molecule is C[C@@H]1C[C@@H](c2cc(Cl)cc(Cl)c2)OC(=O)N1C. The molecule has 0 spiro atoms. The molecule has 1 amide bonds. The fourth-order valence-corrected chi connectivity index (χ4v) is 2.41. The van der Waals surface area contributed by atoms with Gasteiger partial charge in [0.1, 0.15) is 6.10 Å². The van der Waals surface area contributed by atoms with E-state index in [4.69, 9.17) is 27.9 Å². The molecule has 2 rings (SSSR count). The van der Waals surface area contributed by atoms with E-state index in [1.165, 1.54) is 0 Å². The van der Waals surface area contributed by atoms with Gasteiger partial charge >= 0.3 is 6.09 Å². The Kier molecular flexibility index (Phi) is 3.50. The third-order valence-corrected chi connectivity index (χ3v) is 3.44. The van der Waals surface area contributed by atoms with Crippen molar-refractivity contribution in [2.24, 2.45) is 0 Å². The normalized spacial score (nSPS) is 24.7. The van der Waals surface area contributed by atoms with Gasteiger partial charge in [-0.3, -0.25) is 0 Å². The van der Waals surface area contributed by atoms with Crippen molar-refractivity contribution >= 4 is 29.3 Å². The summed E-state index contributed by atoms with van der Waals surface area (Å²) < 4.78 is 5.33. The van der Waals surface area contributed by atoms with Crippen molar-refractivity contribution < 1.29 is 9.53 Å². The van der Waals surface area contributed by atoms with E-state index in [1.807, 2.05) is 6.92 Å². The van der Waals surface area contributed by atoms with Gasteiger partial charge < -0.3 is 9.64 Å². The quantitative estimate of drug-likeness (QED) is 0.777. The van der Waals surface area contributed by atoms with Crippen LogP contribution in [-0.4, -0.2) is 24.1 Å². The Labute approximate surface area is 110 Å². The monoisotopic (exact) mass is 273 g/mol. The summed E-state index contributed by atoms with van der Waals surface area (Å²) >= 11 is 11.9. The molecular formula is C12H13Cl2NO2. The molecule has 2 atom stereocenters. The number of cyclic esters (lactones) is 1. The van der Waals surface area contributed by atoms with E-state index in [0.29, 0.717) is 10.0 Å². The molecule has 3 nitrogen and oxygen atoms in total. The molecule has 0 saturated carbocycles. The van der Waals surface area contributed by atoms with Gasteiger partial charge in [-0.2, -0.15) is 0 Å². The number of ether oxygens (including phenoxy) is 1. The largest absolute Gasteiger partial charge is 0.441 e. The number of benzene rings is 1. The molecule has 1 aromatic carbocycles. The minimum absolute atomic E-state index is 0.138. The van der Waals surface area contributed by atoms with E-state index in [1.54, 1.807) is 30.1 Å². The van der Waals surface area contributed by atoms with Gasteiger partial charge in [-0.1, -0.05) is 23.2 Å². The third kappa shape index (κ3) is 2.67. The van der Waals surface area contributed by atoms with Gasteiger partial charge in [-0.25, -0.2) is 4.79 Å². The molecule has 1 saturated heterocycles. The summed E-state index contributed by atoms with van der Waals surface area (Å²) in [4.78, 5) is 13.2. The highest BCUT2D eigenvalue weighted by atomic mass is 35.5. The van der Waals surface area contributed by atoms with Crippen LogP contribution >= 0.6 is 23.2 Å². The molecule has 0 aromatic heterocycles. The Balaban J connectivity index is 2.25. The highest BCUT2D eigenvalue weighted by molar-refractivity contribution is 6.34. The van der Waals surface area contributed by atoms with Gasteiger partial charge in [0, 0.05) is 29.6 Å². The molecule has 1 aromatic rings. The van der Waals surface area contributed by atoms with Crippen LogP contribution in [0.4, 0.5) is 4.79 Å². The van der Waals surface area contributed by atoms with E-state index in [0.717, 1.165) is 12.0 Å². The smallest absolute Gasteiger partial charge is 0.410 e. The number of hydrogen-bond acceptors (Lipinski definition) is 2. The zero-order valence-electron chi connectivity index (χ0n) is 9.61. The van der Waals surface area contributed by atoms with Crippen LogP contribution in [-0.2, 0) is 4.74 Å². The fraction of sp³-hybridized carbons (Fsp3) is 0.417. The number of nitrogens with zero attached hydrogens (tertiary/aromatic N) is 1. The molecule has 1 aliphatic heterocycles. The van der Waals surface area contributed by atoms with E-state index >= 15 is 0 Å². The van der Waals surface area contributed by atoms with Crippen LogP contribution in [0.5, 0.6) is 0 Å². The van der Waals surface area contributed by atoms with Gasteiger partial charge in [0.2, 0.25) is 0 Å². The van der Waals surface area contributed by atoms with Crippen molar-refractivity contribution in [3.63, 3.8) is 0 Å². The van der Waals surface area contributed by atoms with Crippen molar-refractivity contribution in [3.05, 3.63) is 33.8 Å². The maximum Gasteiger partial charge on any atom is 0.410 e. The van der Waals surface area contributed by atoms with Gasteiger partial charge in [-0.05, 0) is 30.7 Å². The minimum atomic E-state index is -0.315. The topological polar surface area (TPSA) is 29.5 Å². The van der Waals surface area contributed by atoms with Crippen molar-refractivity contribution in [2.45, 2.75) is 25.5 Å². The molecule has 1 aliphatic rings. The van der Waals surface area contributed by atoms with Crippen molar-refractivity contribution in [1.29, 1.82) is 0 Å². The summed E-state index contributed by atoms with van der Waals surface area (Å²) in [6, 6.07) is 5.36. The molecule has 0 radical (unpaired) electrons. The third-order valence-electron chi connectivity index (χ3n) is 3.00. The van der Waals surface area contributed by atoms with Crippen LogP contribution in [0.2, 0.25) is 10.0 Å². The summed E-state index contributed by atoms with van der Waals surface area (Å²) in [7, 11) is 1.73. The number of hydrogen-bond donors (Lipinski definition) is 0. The number of carbonyl (C=O) groups excluding carboxylic acids is 1. The summed E-state index contributed by atoms with van der Waals surface area (Å²) in [5, 5.41) is 1.10. The lowest BCUT2D eigenvalue weighted by molar-refractivity contribution is 0.0112. The molecule has 0 aliphatic carbocycles. The Morgan fingerprint density at radius 2 is 1.88 bits per heavy atom. The Morgan fingerprint density at radius 1 is 1.29 bits per heavy atom. The predicted octanol–water partition coefficient (Wildman–Crippen LogP) is 3.90. The van der Waals surface area contributed by atoms with Crippen LogP contribution in [0.15, 0.2) is 18.2 Å². The first-order valence-corrected chi connectivity index (χ1v) is 6.12. The van der Waals surface area contributed by atoms with Crippen LogP contribution in [0, 0.1) is 0 Å². The molecule has 0 unspecified atom stereocenters. The predicted molar refractivity (Wildman–Crippen MR) is 67.5 cm³/mol. The first-order valence-electron chi connectivity index (χ1n) is 5.37. The van der Waals surface area contributed by atoms with E-state index in [9.17, 15) is 4.79 Å². The number of carbonyl (C=O) groups is 1. The second kappa shape index (κ2) is 4.75. The first-order chi connectivity index (χ1) is 7.97. The summed E-state index contributed by atoms with van der Waals surface area (Å²) in [5.41, 5.74) is 0.843. The van der Waals surface area contributed by atoms with Crippen LogP contribution in [0.25, 0.3) is 0 Å². The second-order valence-electron chi connectivity index (χ2n) is 4.27. The van der Waals surface area contributed by atoms with Crippen LogP contribution in [0.1, 0.15) is 25.0 Å². The second-order valence-corrected chi connectivity index (χ2v) is 5.14. The van der Waals surface area contributed by atoms with E-state index in [-0.39, 0.29) is 18.2 Å². The standard InChI is InChI=1S/C12H13Cl2NO2/c1-7-3-11(17-12(16)15(7)2)8-4-9(13)6-10(14)5-8/h4-7,11H,3H2,1-2H3/t7-,11+/m1/s1. The van der Waals surface area contributed by atoms with Crippen molar-refractivity contribution in [3.8, 4) is 0 Å². The Hall–Kier alpha value is -0.930. The van der Waals surface area contributed by atoms with Crippen molar-refractivity contribution in [2.75, 3.05) is 7.05 Å². The number of halogens is 2. The lowest BCUT2D eigenvalue weighted by Gasteiger charge is -2.34. The molecule has 1 heterocycles. The van der Waals surface area contributed by atoms with Gasteiger partial charge in [0.15, 0.2) is 0 Å². The minimum Gasteiger partial charge on any atom is -0.441 e. The zero-order valence-corrected chi connectivity index (χ0v) is 11.1. The number of amides is 1. The van der Waals surface area contributed by atoms with Gasteiger partial charge in [0.05, 0.1) is 0 Å². The summed E-state index contributed by atoms with van der Waals surface area (Å²) in [5.74, 6) is 0. The van der Waals surface area contributed by atoms with Crippen LogP contribution in [0.3, 0.4) is 0 Å². The summed E-state index contributed by atoms with van der Waals surface area (Å²) in [6.45, 7) is 1.99. The first kappa shape index (κ1) is 12.5. The average molecular weight is 274 g/mol. The Bertz CT molecular complexity index is 430. The molecular weight excluding hydrogens is 261 g/mol.